The summed E-state index contributed by atoms with van der Waals surface area (Å²) >= 11 is 0. The summed E-state index contributed by atoms with van der Waals surface area (Å²) in [4.78, 5) is 9.89. The Morgan fingerprint density at radius 3 is 2.76 bits per heavy atom. The lowest BCUT2D eigenvalue weighted by Crippen LogP contribution is -2.47. The van der Waals surface area contributed by atoms with E-state index in [4.69, 9.17) is 14.5 Å². The van der Waals surface area contributed by atoms with Crippen LogP contribution in [0.2, 0.25) is 0 Å². The zero-order chi connectivity index (χ0) is 20.5. The third-order valence-electron chi connectivity index (χ3n) is 5.88. The zero-order valence-corrected chi connectivity index (χ0v) is 18.4. The molecule has 6 heteroatoms. The van der Waals surface area contributed by atoms with Gasteiger partial charge in [0.25, 0.3) is 0 Å². The van der Waals surface area contributed by atoms with Crippen molar-refractivity contribution in [1.29, 1.82) is 0 Å². The molecule has 1 unspecified atom stereocenters. The summed E-state index contributed by atoms with van der Waals surface area (Å²) in [6.45, 7) is 10.8. The van der Waals surface area contributed by atoms with Gasteiger partial charge in [0.2, 0.25) is 0 Å². The fourth-order valence-electron chi connectivity index (χ4n) is 4.25. The number of para-hydroxylation sites is 1. The van der Waals surface area contributed by atoms with Crippen LogP contribution in [0.5, 0.6) is 0 Å². The molecule has 162 valence electrons. The minimum Gasteiger partial charge on any atom is -0.385 e. The first-order chi connectivity index (χ1) is 14.2. The van der Waals surface area contributed by atoms with Crippen molar-refractivity contribution in [2.24, 2.45) is 4.99 Å². The highest BCUT2D eigenvalue weighted by atomic mass is 16.5. The molecule has 0 bridgehead atoms. The SMILES string of the molecule is CCNC(=NCC(C)N1CCc2ccccc21)N1CCC(OCCCOC)CC1. The third kappa shape index (κ3) is 6.09. The van der Waals surface area contributed by atoms with E-state index < -0.39 is 0 Å². The molecule has 2 aliphatic heterocycles. The van der Waals surface area contributed by atoms with Crippen LogP contribution in [0.25, 0.3) is 0 Å². The first-order valence-electron chi connectivity index (χ1n) is 11.2. The predicted octanol–water partition coefficient (Wildman–Crippen LogP) is 2.92. The van der Waals surface area contributed by atoms with E-state index in [1.807, 2.05) is 0 Å². The maximum Gasteiger partial charge on any atom is 0.193 e. The average Bonchev–Trinajstić information content (AvgIpc) is 3.19. The predicted molar refractivity (Wildman–Crippen MR) is 120 cm³/mol. The molecular weight excluding hydrogens is 364 g/mol. The number of nitrogens with one attached hydrogen (secondary N) is 1. The maximum absolute atomic E-state index is 6.00. The van der Waals surface area contributed by atoms with Crippen LogP contribution in [0.1, 0.15) is 38.7 Å². The highest BCUT2D eigenvalue weighted by Crippen LogP contribution is 2.29. The quantitative estimate of drug-likeness (QED) is 0.391. The maximum atomic E-state index is 6.00. The van der Waals surface area contributed by atoms with Crippen LogP contribution in [0.15, 0.2) is 29.3 Å². The molecule has 6 nitrogen and oxygen atoms in total. The van der Waals surface area contributed by atoms with E-state index in [9.17, 15) is 0 Å². The van der Waals surface area contributed by atoms with Gasteiger partial charge >= 0.3 is 0 Å². The molecule has 2 heterocycles. The normalized spacial score (nSPS) is 18.8. The van der Waals surface area contributed by atoms with E-state index in [2.05, 4.69) is 53.2 Å². The molecule has 1 atom stereocenters. The summed E-state index contributed by atoms with van der Waals surface area (Å²) in [5.74, 6) is 1.05. The van der Waals surface area contributed by atoms with Crippen LogP contribution in [0.4, 0.5) is 5.69 Å². The molecule has 0 spiro atoms. The van der Waals surface area contributed by atoms with Gasteiger partial charge in [-0.05, 0) is 51.2 Å². The highest BCUT2D eigenvalue weighted by molar-refractivity contribution is 5.80. The summed E-state index contributed by atoms with van der Waals surface area (Å²) in [7, 11) is 1.74. The van der Waals surface area contributed by atoms with E-state index in [-0.39, 0.29) is 0 Å². The van der Waals surface area contributed by atoms with Crippen molar-refractivity contribution in [2.45, 2.75) is 51.7 Å². The first-order valence-corrected chi connectivity index (χ1v) is 11.2. The molecule has 2 aliphatic rings. The number of ether oxygens (including phenoxy) is 2. The molecule has 0 radical (unpaired) electrons. The van der Waals surface area contributed by atoms with Gasteiger partial charge in [-0.1, -0.05) is 18.2 Å². The summed E-state index contributed by atoms with van der Waals surface area (Å²) in [5.41, 5.74) is 2.84. The number of piperidine rings is 1. The number of rotatable bonds is 9. The van der Waals surface area contributed by atoms with Crippen molar-refractivity contribution < 1.29 is 9.47 Å². The van der Waals surface area contributed by atoms with Gasteiger partial charge < -0.3 is 24.6 Å². The second kappa shape index (κ2) is 11.4. The van der Waals surface area contributed by atoms with Crippen molar-refractivity contribution in [3.63, 3.8) is 0 Å². The van der Waals surface area contributed by atoms with Crippen LogP contribution >= 0.6 is 0 Å². The largest absolute Gasteiger partial charge is 0.385 e. The molecule has 0 saturated carbocycles. The molecule has 1 saturated heterocycles. The Kier molecular flexibility index (Phi) is 8.62. The Labute approximate surface area is 176 Å². The minimum absolute atomic E-state index is 0.367. The van der Waals surface area contributed by atoms with Crippen LogP contribution in [0.3, 0.4) is 0 Å². The Balaban J connectivity index is 1.50. The molecule has 29 heavy (non-hydrogen) atoms. The molecule has 0 aliphatic carbocycles. The fraction of sp³-hybridized carbons (Fsp3) is 0.696. The summed E-state index contributed by atoms with van der Waals surface area (Å²) in [6, 6.07) is 9.16. The minimum atomic E-state index is 0.367. The van der Waals surface area contributed by atoms with Crippen molar-refractivity contribution in [3.8, 4) is 0 Å². The van der Waals surface area contributed by atoms with Gasteiger partial charge in [-0.3, -0.25) is 4.99 Å². The van der Waals surface area contributed by atoms with Gasteiger partial charge in [0, 0.05) is 58.2 Å². The van der Waals surface area contributed by atoms with Crippen LogP contribution in [0, 0.1) is 0 Å². The van der Waals surface area contributed by atoms with Crippen molar-refractivity contribution in [2.75, 3.05) is 57.9 Å². The van der Waals surface area contributed by atoms with Crippen molar-refractivity contribution in [1.82, 2.24) is 10.2 Å². The summed E-state index contributed by atoms with van der Waals surface area (Å²) in [5, 5.41) is 3.49. The zero-order valence-electron chi connectivity index (χ0n) is 18.4. The van der Waals surface area contributed by atoms with E-state index in [0.29, 0.717) is 12.1 Å². The van der Waals surface area contributed by atoms with Crippen molar-refractivity contribution in [3.05, 3.63) is 29.8 Å². The molecule has 1 fully saturated rings. The molecular formula is C23H38N4O2. The molecule has 0 amide bonds. The molecule has 1 N–H and O–H groups in total. The van der Waals surface area contributed by atoms with Crippen LogP contribution < -0.4 is 10.2 Å². The highest BCUT2D eigenvalue weighted by Gasteiger charge is 2.24. The smallest absolute Gasteiger partial charge is 0.193 e. The second-order valence-electron chi connectivity index (χ2n) is 8.02. The number of methoxy groups -OCH3 is 1. The number of nitrogens with zero attached hydrogens (tertiary/aromatic N) is 3. The lowest BCUT2D eigenvalue weighted by Gasteiger charge is -2.34. The lowest BCUT2D eigenvalue weighted by atomic mass is 10.1. The monoisotopic (exact) mass is 402 g/mol. The number of hydrogen-bond acceptors (Lipinski definition) is 4. The van der Waals surface area contributed by atoms with E-state index >= 15 is 0 Å². The first kappa shape index (κ1) is 21.9. The van der Waals surface area contributed by atoms with Crippen LogP contribution in [-0.4, -0.2) is 76.1 Å². The number of benzene rings is 1. The Bertz CT molecular complexity index is 644. The van der Waals surface area contributed by atoms with E-state index in [1.54, 1.807) is 7.11 Å². The Morgan fingerprint density at radius 2 is 2.00 bits per heavy atom. The fourth-order valence-corrected chi connectivity index (χ4v) is 4.25. The standard InChI is InChI=1S/C23H38N4O2/c1-4-24-23(26-13-11-21(12-14-26)29-17-7-16-28-3)25-18-19(2)27-15-10-20-8-5-6-9-22(20)27/h5-6,8-9,19,21H,4,7,10-18H2,1-3H3,(H,24,25). The second-order valence-corrected chi connectivity index (χ2v) is 8.02. The van der Waals surface area contributed by atoms with Gasteiger partial charge in [0.15, 0.2) is 5.96 Å². The van der Waals surface area contributed by atoms with E-state index in [0.717, 1.165) is 77.6 Å². The molecule has 1 aromatic rings. The lowest BCUT2D eigenvalue weighted by molar-refractivity contribution is 0.00990. The van der Waals surface area contributed by atoms with Crippen molar-refractivity contribution >= 4 is 11.6 Å². The molecule has 1 aromatic carbocycles. The topological polar surface area (TPSA) is 49.3 Å². The number of hydrogen-bond donors (Lipinski definition) is 1. The molecule has 3 rings (SSSR count). The number of fused-ring (bicyclic) bond motifs is 1. The van der Waals surface area contributed by atoms with Gasteiger partial charge in [-0.25, -0.2) is 0 Å². The summed E-state index contributed by atoms with van der Waals surface area (Å²) in [6.07, 6.45) is 4.60. The average molecular weight is 403 g/mol. The number of aliphatic imine (C=N–C) groups is 1. The van der Waals surface area contributed by atoms with Gasteiger partial charge in [-0.15, -0.1) is 0 Å². The van der Waals surface area contributed by atoms with E-state index in [1.165, 1.54) is 11.3 Å². The van der Waals surface area contributed by atoms with Gasteiger partial charge in [0.05, 0.1) is 12.6 Å². The third-order valence-corrected chi connectivity index (χ3v) is 5.88. The van der Waals surface area contributed by atoms with Gasteiger partial charge in [-0.2, -0.15) is 0 Å². The van der Waals surface area contributed by atoms with Crippen LogP contribution in [-0.2, 0) is 15.9 Å². The molecule has 0 aromatic heterocycles. The number of anilines is 1. The van der Waals surface area contributed by atoms with Gasteiger partial charge in [0.1, 0.15) is 0 Å². The summed E-state index contributed by atoms with van der Waals surface area (Å²) < 4.78 is 11.1. The number of likely N-dealkylation sites (tertiary alicyclic amines) is 1. The Hall–Kier alpha value is -1.79. The number of guanidine groups is 1. The Morgan fingerprint density at radius 1 is 1.21 bits per heavy atom.